The molecule has 0 bridgehead atoms. The Morgan fingerprint density at radius 3 is 2.65 bits per heavy atom. The van der Waals surface area contributed by atoms with Crippen LogP contribution in [0.3, 0.4) is 0 Å². The van der Waals surface area contributed by atoms with Gasteiger partial charge in [0.15, 0.2) is 0 Å². The Labute approximate surface area is 108 Å². The van der Waals surface area contributed by atoms with Crippen molar-refractivity contribution < 1.29 is 9.84 Å². The molecule has 0 spiro atoms. The molecule has 0 aromatic heterocycles. The zero-order valence-electron chi connectivity index (χ0n) is 10.3. The van der Waals surface area contributed by atoms with Crippen molar-refractivity contribution in [3.63, 3.8) is 0 Å². The van der Waals surface area contributed by atoms with Gasteiger partial charge in [0.05, 0.1) is 6.10 Å². The molecule has 1 aliphatic carbocycles. The number of hydrogen-bond donors (Lipinski definition) is 1. The Kier molecular flexibility index (Phi) is 3.64. The lowest BCUT2D eigenvalue weighted by Gasteiger charge is -2.52. The van der Waals surface area contributed by atoms with Gasteiger partial charge in [-0.1, -0.05) is 31.5 Å². The fourth-order valence-corrected chi connectivity index (χ4v) is 2.95. The summed E-state index contributed by atoms with van der Waals surface area (Å²) < 4.78 is 5.95. The van der Waals surface area contributed by atoms with E-state index in [1.54, 1.807) is 0 Å². The highest BCUT2D eigenvalue weighted by Gasteiger charge is 2.53. The molecular formula is C14H19ClO2. The molecule has 3 heteroatoms. The third-order valence-electron chi connectivity index (χ3n) is 4.13. The second-order valence-corrected chi connectivity index (χ2v) is 5.19. The zero-order chi connectivity index (χ0) is 12.5. The number of aliphatic hydroxyl groups excluding tert-OH is 1. The maximum absolute atomic E-state index is 9.96. The minimum Gasteiger partial charge on any atom is -0.490 e. The first-order valence-corrected chi connectivity index (χ1v) is 6.60. The minimum absolute atomic E-state index is 0.0810. The molecule has 2 atom stereocenters. The lowest BCUT2D eigenvalue weighted by Crippen LogP contribution is -2.59. The van der Waals surface area contributed by atoms with Gasteiger partial charge in [0.1, 0.15) is 11.9 Å². The first-order valence-electron chi connectivity index (χ1n) is 6.22. The van der Waals surface area contributed by atoms with Gasteiger partial charge in [0.2, 0.25) is 0 Å². The molecular weight excluding hydrogens is 236 g/mol. The van der Waals surface area contributed by atoms with Crippen LogP contribution in [0.25, 0.3) is 0 Å². The normalized spacial score (nSPS) is 26.4. The van der Waals surface area contributed by atoms with Gasteiger partial charge in [-0.25, -0.2) is 0 Å². The molecule has 0 saturated heterocycles. The molecule has 1 aromatic carbocycles. The number of rotatable bonds is 4. The van der Waals surface area contributed by atoms with E-state index in [0.717, 1.165) is 18.6 Å². The van der Waals surface area contributed by atoms with E-state index < -0.39 is 0 Å². The van der Waals surface area contributed by atoms with E-state index in [1.165, 1.54) is 0 Å². The SMILES string of the molecule is CCC1(CC)C(O)CC1Oc1cccc(Cl)c1. The Bertz CT molecular complexity index is 388. The number of halogens is 1. The summed E-state index contributed by atoms with van der Waals surface area (Å²) in [5.41, 5.74) is -0.0810. The largest absolute Gasteiger partial charge is 0.490 e. The van der Waals surface area contributed by atoms with Gasteiger partial charge in [-0.3, -0.25) is 0 Å². The van der Waals surface area contributed by atoms with Crippen molar-refractivity contribution in [1.29, 1.82) is 0 Å². The van der Waals surface area contributed by atoms with Crippen molar-refractivity contribution in [3.8, 4) is 5.75 Å². The third kappa shape index (κ3) is 2.16. The Morgan fingerprint density at radius 2 is 2.12 bits per heavy atom. The smallest absolute Gasteiger partial charge is 0.121 e. The van der Waals surface area contributed by atoms with E-state index in [2.05, 4.69) is 13.8 Å². The van der Waals surface area contributed by atoms with Crippen LogP contribution in [0.15, 0.2) is 24.3 Å². The summed E-state index contributed by atoms with van der Waals surface area (Å²) in [7, 11) is 0. The Hall–Kier alpha value is -0.730. The van der Waals surface area contributed by atoms with Gasteiger partial charge in [-0.2, -0.15) is 0 Å². The molecule has 2 unspecified atom stereocenters. The maximum atomic E-state index is 9.96. The average Bonchev–Trinajstić information content (AvgIpc) is 2.30. The van der Waals surface area contributed by atoms with Crippen LogP contribution in [0.5, 0.6) is 5.75 Å². The van der Waals surface area contributed by atoms with Crippen LogP contribution in [0.2, 0.25) is 5.02 Å². The molecule has 1 fully saturated rings. The Balaban J connectivity index is 2.10. The third-order valence-corrected chi connectivity index (χ3v) is 4.37. The van der Waals surface area contributed by atoms with Crippen molar-refractivity contribution in [2.45, 2.75) is 45.3 Å². The first-order chi connectivity index (χ1) is 8.12. The number of aliphatic hydroxyl groups is 1. The summed E-state index contributed by atoms with van der Waals surface area (Å²) >= 11 is 5.93. The van der Waals surface area contributed by atoms with Gasteiger partial charge < -0.3 is 9.84 Å². The predicted molar refractivity (Wildman–Crippen MR) is 69.5 cm³/mol. The minimum atomic E-state index is -0.235. The van der Waals surface area contributed by atoms with Crippen molar-refractivity contribution in [3.05, 3.63) is 29.3 Å². The molecule has 2 nitrogen and oxygen atoms in total. The lowest BCUT2D eigenvalue weighted by atomic mass is 9.60. The summed E-state index contributed by atoms with van der Waals surface area (Å²) in [4.78, 5) is 0. The van der Waals surface area contributed by atoms with Gasteiger partial charge in [-0.05, 0) is 31.0 Å². The summed E-state index contributed by atoms with van der Waals surface area (Å²) in [6, 6.07) is 7.44. The van der Waals surface area contributed by atoms with Gasteiger partial charge >= 0.3 is 0 Å². The molecule has 0 radical (unpaired) electrons. The van der Waals surface area contributed by atoms with Gasteiger partial charge in [0, 0.05) is 16.9 Å². The number of ether oxygens (including phenoxy) is 1. The van der Waals surface area contributed by atoms with Gasteiger partial charge in [-0.15, -0.1) is 0 Å². The van der Waals surface area contributed by atoms with Crippen LogP contribution in [0.4, 0.5) is 0 Å². The van der Waals surface area contributed by atoms with Crippen LogP contribution < -0.4 is 4.74 Å². The number of hydrogen-bond acceptors (Lipinski definition) is 2. The standard InChI is InChI=1S/C14H19ClO2/c1-3-14(4-2)12(16)9-13(14)17-11-7-5-6-10(15)8-11/h5-8,12-13,16H,3-4,9H2,1-2H3. The second-order valence-electron chi connectivity index (χ2n) is 4.76. The molecule has 0 amide bonds. The van der Waals surface area contributed by atoms with Crippen molar-refractivity contribution >= 4 is 11.6 Å². The zero-order valence-corrected chi connectivity index (χ0v) is 11.1. The van der Waals surface area contributed by atoms with Crippen LogP contribution in [-0.2, 0) is 0 Å². The van der Waals surface area contributed by atoms with E-state index in [-0.39, 0.29) is 17.6 Å². The summed E-state index contributed by atoms with van der Waals surface area (Å²) in [5, 5.41) is 10.6. The average molecular weight is 255 g/mol. The van der Waals surface area contributed by atoms with E-state index in [9.17, 15) is 5.11 Å². The molecule has 1 N–H and O–H groups in total. The molecule has 94 valence electrons. The van der Waals surface area contributed by atoms with E-state index in [4.69, 9.17) is 16.3 Å². The summed E-state index contributed by atoms with van der Waals surface area (Å²) in [6.07, 6.45) is 2.47. The monoisotopic (exact) mass is 254 g/mol. The highest BCUT2D eigenvalue weighted by atomic mass is 35.5. The van der Waals surface area contributed by atoms with Crippen LogP contribution in [-0.4, -0.2) is 17.3 Å². The van der Waals surface area contributed by atoms with Crippen molar-refractivity contribution in [2.24, 2.45) is 5.41 Å². The van der Waals surface area contributed by atoms with E-state index >= 15 is 0 Å². The predicted octanol–water partition coefficient (Wildman–Crippen LogP) is 3.66. The van der Waals surface area contributed by atoms with E-state index in [1.807, 2.05) is 24.3 Å². The topological polar surface area (TPSA) is 29.5 Å². The molecule has 2 rings (SSSR count). The molecule has 1 saturated carbocycles. The summed E-state index contributed by atoms with van der Waals surface area (Å²) in [6.45, 7) is 4.22. The molecule has 17 heavy (non-hydrogen) atoms. The molecule has 1 aromatic rings. The molecule has 1 aliphatic rings. The number of benzene rings is 1. The van der Waals surface area contributed by atoms with Crippen molar-refractivity contribution in [1.82, 2.24) is 0 Å². The fraction of sp³-hybridized carbons (Fsp3) is 0.571. The van der Waals surface area contributed by atoms with Crippen LogP contribution >= 0.6 is 11.6 Å². The quantitative estimate of drug-likeness (QED) is 0.889. The highest BCUT2D eigenvalue weighted by molar-refractivity contribution is 6.30. The highest BCUT2D eigenvalue weighted by Crippen LogP contribution is 2.48. The van der Waals surface area contributed by atoms with Crippen LogP contribution in [0, 0.1) is 5.41 Å². The van der Waals surface area contributed by atoms with Crippen molar-refractivity contribution in [2.75, 3.05) is 0 Å². The van der Waals surface area contributed by atoms with Gasteiger partial charge in [0.25, 0.3) is 0 Å². The maximum Gasteiger partial charge on any atom is 0.121 e. The second kappa shape index (κ2) is 4.87. The first kappa shape index (κ1) is 12.7. The van der Waals surface area contributed by atoms with Crippen LogP contribution in [0.1, 0.15) is 33.1 Å². The summed E-state index contributed by atoms with van der Waals surface area (Å²) in [5.74, 6) is 0.792. The van der Waals surface area contributed by atoms with E-state index in [0.29, 0.717) is 11.4 Å². The molecule has 0 heterocycles. The fourth-order valence-electron chi connectivity index (χ4n) is 2.77. The lowest BCUT2D eigenvalue weighted by molar-refractivity contribution is -0.159. The molecule has 0 aliphatic heterocycles. The Morgan fingerprint density at radius 1 is 1.41 bits per heavy atom.